The summed E-state index contributed by atoms with van der Waals surface area (Å²) in [7, 11) is 0. The van der Waals surface area contributed by atoms with Crippen molar-refractivity contribution in [1.29, 1.82) is 0 Å². The number of hydrogen-bond donors (Lipinski definition) is 4. The topological polar surface area (TPSA) is 106 Å². The smallest absolute Gasteiger partial charge is 0.176 e. The Morgan fingerprint density at radius 3 is 1.39 bits per heavy atom. The second-order valence-electron chi connectivity index (χ2n) is 5.79. The first-order valence-electron chi connectivity index (χ1n) is 8.67. The Kier molecular flexibility index (Phi) is 5.20. The van der Waals surface area contributed by atoms with E-state index in [9.17, 15) is 0 Å². The van der Waals surface area contributed by atoms with E-state index in [4.69, 9.17) is 0 Å². The molecule has 0 amide bonds. The third kappa shape index (κ3) is 4.50. The third-order valence-corrected chi connectivity index (χ3v) is 3.73. The van der Waals surface area contributed by atoms with Crippen LogP contribution in [0.3, 0.4) is 0 Å². The minimum atomic E-state index is 0.522. The fourth-order valence-electron chi connectivity index (χ4n) is 2.46. The largest absolute Gasteiger partial charge is 0.337 e. The molecule has 8 heteroatoms. The van der Waals surface area contributed by atoms with Gasteiger partial charge < -0.3 is 10.6 Å². The van der Waals surface area contributed by atoms with Crippen molar-refractivity contribution in [1.82, 2.24) is 20.4 Å². The number of hydrogen-bond acceptors (Lipinski definition) is 4. The van der Waals surface area contributed by atoms with E-state index >= 15 is 0 Å². The molecule has 0 saturated carbocycles. The lowest BCUT2D eigenvalue weighted by Gasteiger charge is -2.14. The van der Waals surface area contributed by atoms with Crippen molar-refractivity contribution in [3.63, 3.8) is 0 Å². The summed E-state index contributed by atoms with van der Waals surface area (Å²) in [5, 5.41) is 20.3. The van der Waals surface area contributed by atoms with E-state index in [-0.39, 0.29) is 0 Å². The number of nitrogens with zero attached hydrogens (tertiary/aromatic N) is 4. The van der Waals surface area contributed by atoms with Gasteiger partial charge in [0, 0.05) is 23.5 Å². The van der Waals surface area contributed by atoms with Crippen LogP contribution in [0, 0.1) is 0 Å². The quantitative estimate of drug-likeness (QED) is 0.320. The van der Waals surface area contributed by atoms with Crippen molar-refractivity contribution in [2.45, 2.75) is 0 Å². The molecule has 4 aromatic rings. The first kappa shape index (κ1) is 17.2. The lowest BCUT2D eigenvalue weighted by Crippen LogP contribution is -2.29. The molecule has 0 aliphatic rings. The van der Waals surface area contributed by atoms with Gasteiger partial charge in [-0.2, -0.15) is 10.2 Å². The molecule has 0 aliphatic heterocycles. The summed E-state index contributed by atoms with van der Waals surface area (Å²) in [6.45, 7) is 0. The number of rotatable bonds is 4. The molecule has 0 saturated heterocycles. The van der Waals surface area contributed by atoms with Gasteiger partial charge in [0.1, 0.15) is 11.6 Å². The third-order valence-electron chi connectivity index (χ3n) is 3.73. The number of amidine groups is 2. The maximum Gasteiger partial charge on any atom is 0.176 e. The van der Waals surface area contributed by atoms with Gasteiger partial charge in [0.25, 0.3) is 0 Å². The highest BCUT2D eigenvalue weighted by atomic mass is 15.2. The van der Waals surface area contributed by atoms with Crippen molar-refractivity contribution >= 4 is 34.7 Å². The highest BCUT2D eigenvalue weighted by Gasteiger charge is 2.12. The summed E-state index contributed by atoms with van der Waals surface area (Å²) >= 11 is 0. The van der Waals surface area contributed by atoms with E-state index in [2.05, 4.69) is 41.0 Å². The highest BCUT2D eigenvalue weighted by molar-refractivity contribution is 6.49. The molecular weight excluding hydrogens is 352 g/mol. The standard InChI is InChI=1S/C20H18N8/c1-3-7-15(8-4-1)23-19(25-17-11-13-21-27-17)20(26-18-12-14-22-28-18)24-16-9-5-2-6-10-16/h1-14H,(H2,21,23,25,27)(H2,22,24,26,28). The zero-order valence-corrected chi connectivity index (χ0v) is 14.9. The first-order valence-corrected chi connectivity index (χ1v) is 8.67. The minimum absolute atomic E-state index is 0.522. The Labute approximate surface area is 161 Å². The number of aromatic amines is 2. The fraction of sp³-hybridized carbons (Fsp3) is 0. The number of aliphatic imine (C=N–C) groups is 2. The molecule has 0 fully saturated rings. The van der Waals surface area contributed by atoms with Crippen molar-refractivity contribution in [3.8, 4) is 0 Å². The lowest BCUT2D eigenvalue weighted by atomic mass is 10.3. The fourth-order valence-corrected chi connectivity index (χ4v) is 2.46. The zero-order valence-electron chi connectivity index (χ0n) is 14.9. The summed E-state index contributed by atoms with van der Waals surface area (Å²) in [5.74, 6) is 2.25. The van der Waals surface area contributed by atoms with Crippen molar-refractivity contribution < 1.29 is 0 Å². The van der Waals surface area contributed by atoms with Crippen molar-refractivity contribution in [3.05, 3.63) is 85.2 Å². The average Bonchev–Trinajstić information content (AvgIpc) is 3.43. The second kappa shape index (κ2) is 8.45. The molecule has 0 atom stereocenters. The second-order valence-corrected chi connectivity index (χ2v) is 5.79. The molecule has 2 heterocycles. The van der Waals surface area contributed by atoms with Crippen LogP contribution in [-0.4, -0.2) is 32.1 Å². The number of benzene rings is 2. The molecule has 28 heavy (non-hydrogen) atoms. The van der Waals surface area contributed by atoms with E-state index in [0.717, 1.165) is 11.4 Å². The average molecular weight is 370 g/mol. The maximum absolute atomic E-state index is 4.65. The molecule has 0 aliphatic carbocycles. The molecule has 4 rings (SSSR count). The van der Waals surface area contributed by atoms with E-state index < -0.39 is 0 Å². The predicted molar refractivity (Wildman–Crippen MR) is 111 cm³/mol. The van der Waals surface area contributed by atoms with Gasteiger partial charge in [-0.3, -0.25) is 10.2 Å². The Balaban J connectivity index is 1.75. The van der Waals surface area contributed by atoms with Crippen molar-refractivity contribution in [2.24, 2.45) is 9.98 Å². The van der Waals surface area contributed by atoms with Gasteiger partial charge in [-0.25, -0.2) is 9.98 Å². The number of nitrogens with one attached hydrogen (secondary N) is 4. The highest BCUT2D eigenvalue weighted by Crippen LogP contribution is 2.14. The van der Waals surface area contributed by atoms with Gasteiger partial charge in [0.15, 0.2) is 11.7 Å². The van der Waals surface area contributed by atoms with Crippen LogP contribution in [0.2, 0.25) is 0 Å². The van der Waals surface area contributed by atoms with Gasteiger partial charge in [-0.05, 0) is 24.3 Å². The van der Waals surface area contributed by atoms with Crippen LogP contribution >= 0.6 is 0 Å². The van der Waals surface area contributed by atoms with E-state index in [0.29, 0.717) is 23.3 Å². The zero-order chi connectivity index (χ0) is 19.0. The summed E-state index contributed by atoms with van der Waals surface area (Å²) in [5.41, 5.74) is 1.76. The summed E-state index contributed by atoms with van der Waals surface area (Å²) in [6.07, 6.45) is 3.30. The Morgan fingerprint density at radius 2 is 1.04 bits per heavy atom. The van der Waals surface area contributed by atoms with Crippen LogP contribution in [0.25, 0.3) is 0 Å². The van der Waals surface area contributed by atoms with Gasteiger partial charge in [0.05, 0.1) is 12.4 Å². The van der Waals surface area contributed by atoms with Crippen LogP contribution in [-0.2, 0) is 0 Å². The maximum atomic E-state index is 4.65. The van der Waals surface area contributed by atoms with Gasteiger partial charge in [-0.1, -0.05) is 36.4 Å². The number of H-pyrrole nitrogens is 2. The molecule has 0 bridgehead atoms. The first-order chi connectivity index (χ1) is 13.9. The van der Waals surface area contributed by atoms with E-state index in [1.54, 1.807) is 24.5 Å². The Hall–Kier alpha value is -4.20. The van der Waals surface area contributed by atoms with E-state index in [1.165, 1.54) is 0 Å². The SMILES string of the molecule is c1ccc(NC(=N\c2ccn[nH]2)/C(=N/c2ccn[nH]2)Nc2ccccc2)cc1. The summed E-state index contributed by atoms with van der Waals surface area (Å²) < 4.78 is 0. The molecule has 138 valence electrons. The number of aromatic nitrogens is 4. The van der Waals surface area contributed by atoms with Crippen LogP contribution in [0.4, 0.5) is 23.0 Å². The molecule has 4 N–H and O–H groups in total. The number of anilines is 2. The lowest BCUT2D eigenvalue weighted by molar-refractivity contribution is 1.08. The monoisotopic (exact) mass is 370 g/mol. The van der Waals surface area contributed by atoms with Crippen LogP contribution in [0.5, 0.6) is 0 Å². The molecule has 2 aromatic carbocycles. The van der Waals surface area contributed by atoms with Crippen LogP contribution < -0.4 is 10.6 Å². The van der Waals surface area contributed by atoms with Gasteiger partial charge in [0.2, 0.25) is 0 Å². The van der Waals surface area contributed by atoms with Crippen LogP contribution in [0.15, 0.2) is 95.2 Å². The molecule has 0 spiro atoms. The van der Waals surface area contributed by atoms with Crippen molar-refractivity contribution in [2.75, 3.05) is 10.6 Å². The molecule has 2 aromatic heterocycles. The predicted octanol–water partition coefficient (Wildman–Crippen LogP) is 4.12. The molecule has 0 radical (unpaired) electrons. The molecule has 8 nitrogen and oxygen atoms in total. The van der Waals surface area contributed by atoms with Gasteiger partial charge >= 0.3 is 0 Å². The molecular formula is C20H18N8. The molecule has 0 unspecified atom stereocenters. The summed E-state index contributed by atoms with van der Waals surface area (Å²) in [4.78, 5) is 9.30. The summed E-state index contributed by atoms with van der Waals surface area (Å²) in [6, 6.07) is 23.1. The minimum Gasteiger partial charge on any atom is -0.337 e. The number of para-hydroxylation sites is 2. The normalized spacial score (nSPS) is 12.0. The van der Waals surface area contributed by atoms with E-state index in [1.807, 2.05) is 60.7 Å². The van der Waals surface area contributed by atoms with Gasteiger partial charge in [-0.15, -0.1) is 0 Å². The van der Waals surface area contributed by atoms with Crippen LogP contribution in [0.1, 0.15) is 0 Å². The Bertz CT molecular complexity index is 949. The Morgan fingerprint density at radius 1 is 0.607 bits per heavy atom.